The third kappa shape index (κ3) is 19.8. The second-order valence-corrected chi connectivity index (χ2v) is 10.6. The molecular weight excluding hydrogens is 408 g/mol. The molecule has 1 saturated carbocycles. The minimum atomic E-state index is 0.359. The van der Waals surface area contributed by atoms with Crippen LogP contribution in [0, 0.1) is 16.7 Å². The van der Waals surface area contributed by atoms with Gasteiger partial charge in [-0.2, -0.15) is 0 Å². The molecular formula is C30H66O3. The van der Waals surface area contributed by atoms with Crippen molar-refractivity contribution >= 4 is 0 Å². The van der Waals surface area contributed by atoms with E-state index in [1.165, 1.54) is 96.3 Å². The first-order valence-corrected chi connectivity index (χ1v) is 14.5. The third-order valence-electron chi connectivity index (χ3n) is 7.94. The van der Waals surface area contributed by atoms with Crippen molar-refractivity contribution in [2.24, 2.45) is 16.7 Å². The topological polar surface area (TPSA) is 60.7 Å². The fraction of sp³-hybridized carbons (Fsp3) is 1.00. The molecule has 0 heterocycles. The molecule has 0 radical (unpaired) electrons. The Bertz CT molecular complexity index is 336. The molecule has 3 heteroatoms. The summed E-state index contributed by atoms with van der Waals surface area (Å²) in [5.74, 6) is 0.956. The van der Waals surface area contributed by atoms with Gasteiger partial charge >= 0.3 is 0 Å². The first-order valence-electron chi connectivity index (χ1n) is 14.5. The van der Waals surface area contributed by atoms with Crippen LogP contribution in [0.3, 0.4) is 0 Å². The SMILES string of the molecule is CC.CCC1CCC(C)(C)C1(C)C.CO.OCCCCCCCCCCCCCCCCO. The highest BCUT2D eigenvalue weighted by Crippen LogP contribution is 2.56. The van der Waals surface area contributed by atoms with E-state index in [1.807, 2.05) is 13.8 Å². The first kappa shape index (κ1) is 37.4. The number of aliphatic hydroxyl groups is 3. The van der Waals surface area contributed by atoms with Gasteiger partial charge in [0, 0.05) is 20.3 Å². The zero-order chi connectivity index (χ0) is 26.0. The summed E-state index contributed by atoms with van der Waals surface area (Å²) in [4.78, 5) is 0. The average molecular weight is 475 g/mol. The van der Waals surface area contributed by atoms with E-state index in [-0.39, 0.29) is 0 Å². The standard InChI is InChI=1S/C16H34O2.C11H22.C2H6.CH4O/c17-15-13-11-9-7-5-3-1-2-4-6-8-10-12-14-16-18;1-6-9-7-8-10(2,3)11(9,4)5;2*1-2/h17-18H,1-16H2;9H,6-8H2,1-5H3;1-2H3;2H,1H3. The van der Waals surface area contributed by atoms with Crippen molar-refractivity contribution in [3.8, 4) is 0 Å². The van der Waals surface area contributed by atoms with Crippen LogP contribution in [0.25, 0.3) is 0 Å². The highest BCUT2D eigenvalue weighted by molar-refractivity contribution is 4.96. The van der Waals surface area contributed by atoms with Crippen LogP contribution in [0.5, 0.6) is 0 Å². The van der Waals surface area contributed by atoms with E-state index in [2.05, 4.69) is 34.6 Å². The second-order valence-electron chi connectivity index (χ2n) is 10.6. The summed E-state index contributed by atoms with van der Waals surface area (Å²) in [6.07, 6.45) is 22.2. The predicted octanol–water partition coefficient (Wildman–Crippen LogP) is 8.93. The summed E-state index contributed by atoms with van der Waals surface area (Å²) < 4.78 is 0. The molecule has 0 aromatic heterocycles. The van der Waals surface area contributed by atoms with E-state index in [4.69, 9.17) is 15.3 Å². The molecule has 0 aliphatic heterocycles. The van der Waals surface area contributed by atoms with Crippen LogP contribution in [0.15, 0.2) is 0 Å². The normalized spacial score (nSPS) is 17.7. The molecule has 1 aliphatic rings. The van der Waals surface area contributed by atoms with Crippen LogP contribution in [0.2, 0.25) is 0 Å². The number of unbranched alkanes of at least 4 members (excludes halogenated alkanes) is 13. The molecule has 3 N–H and O–H groups in total. The molecule has 3 nitrogen and oxygen atoms in total. The molecule has 1 unspecified atom stereocenters. The van der Waals surface area contributed by atoms with Gasteiger partial charge in [0.15, 0.2) is 0 Å². The van der Waals surface area contributed by atoms with Gasteiger partial charge in [-0.25, -0.2) is 0 Å². The molecule has 1 atom stereocenters. The Morgan fingerprint density at radius 1 is 0.576 bits per heavy atom. The van der Waals surface area contributed by atoms with Crippen LogP contribution in [-0.4, -0.2) is 35.6 Å². The Balaban J connectivity index is -0.000000509. The van der Waals surface area contributed by atoms with Gasteiger partial charge in [-0.1, -0.05) is 132 Å². The Morgan fingerprint density at radius 2 is 0.848 bits per heavy atom. The lowest BCUT2D eigenvalue weighted by atomic mass is 9.66. The van der Waals surface area contributed by atoms with Crippen molar-refractivity contribution in [3.63, 3.8) is 0 Å². The van der Waals surface area contributed by atoms with E-state index in [1.54, 1.807) is 0 Å². The Morgan fingerprint density at radius 3 is 1.00 bits per heavy atom. The fourth-order valence-electron chi connectivity index (χ4n) is 4.83. The highest BCUT2D eigenvalue weighted by atomic mass is 16.3. The largest absolute Gasteiger partial charge is 0.400 e. The number of hydrogen-bond donors (Lipinski definition) is 3. The quantitative estimate of drug-likeness (QED) is 0.196. The monoisotopic (exact) mass is 475 g/mol. The van der Waals surface area contributed by atoms with Crippen LogP contribution < -0.4 is 0 Å². The smallest absolute Gasteiger partial charge is 0.0431 e. The molecule has 0 bridgehead atoms. The molecule has 1 rings (SSSR count). The maximum Gasteiger partial charge on any atom is 0.0431 e. The Kier molecular flexibility index (Phi) is 30.0. The minimum absolute atomic E-state index is 0.359. The van der Waals surface area contributed by atoms with E-state index < -0.39 is 0 Å². The number of rotatable bonds is 16. The summed E-state index contributed by atoms with van der Waals surface area (Å²) in [7, 11) is 1.00. The van der Waals surface area contributed by atoms with Crippen molar-refractivity contribution in [2.75, 3.05) is 20.3 Å². The Labute approximate surface area is 210 Å². The molecule has 204 valence electrons. The van der Waals surface area contributed by atoms with E-state index in [0.717, 1.165) is 25.9 Å². The van der Waals surface area contributed by atoms with Crippen molar-refractivity contribution in [3.05, 3.63) is 0 Å². The molecule has 0 aromatic rings. The van der Waals surface area contributed by atoms with Gasteiger partial charge in [0.2, 0.25) is 0 Å². The fourth-order valence-corrected chi connectivity index (χ4v) is 4.83. The zero-order valence-corrected chi connectivity index (χ0v) is 24.4. The van der Waals surface area contributed by atoms with Crippen LogP contribution in [0.1, 0.15) is 158 Å². The molecule has 0 aromatic carbocycles. The number of hydrogen-bond acceptors (Lipinski definition) is 3. The summed E-state index contributed by atoms with van der Waals surface area (Å²) in [5, 5.41) is 24.3. The summed E-state index contributed by atoms with van der Waals surface area (Å²) in [6, 6.07) is 0. The third-order valence-corrected chi connectivity index (χ3v) is 7.94. The van der Waals surface area contributed by atoms with E-state index in [9.17, 15) is 0 Å². The average Bonchev–Trinajstić information content (AvgIpc) is 3.03. The van der Waals surface area contributed by atoms with Crippen molar-refractivity contribution in [1.29, 1.82) is 0 Å². The summed E-state index contributed by atoms with van der Waals surface area (Å²) in [6.45, 7) is 16.8. The number of aliphatic hydroxyl groups excluding tert-OH is 3. The predicted molar refractivity (Wildman–Crippen MR) is 149 cm³/mol. The molecule has 33 heavy (non-hydrogen) atoms. The summed E-state index contributed by atoms with van der Waals surface area (Å²) >= 11 is 0. The molecule has 1 fully saturated rings. The molecule has 0 saturated heterocycles. The maximum absolute atomic E-state index is 8.65. The first-order chi connectivity index (χ1) is 15.8. The van der Waals surface area contributed by atoms with E-state index in [0.29, 0.717) is 24.0 Å². The highest BCUT2D eigenvalue weighted by Gasteiger charge is 2.47. The van der Waals surface area contributed by atoms with Gasteiger partial charge in [0.25, 0.3) is 0 Å². The lowest BCUT2D eigenvalue weighted by Gasteiger charge is -2.39. The van der Waals surface area contributed by atoms with Crippen molar-refractivity contribution in [1.82, 2.24) is 0 Å². The van der Waals surface area contributed by atoms with Crippen molar-refractivity contribution in [2.45, 2.75) is 158 Å². The lowest BCUT2D eigenvalue weighted by molar-refractivity contribution is 0.105. The van der Waals surface area contributed by atoms with Crippen molar-refractivity contribution < 1.29 is 15.3 Å². The van der Waals surface area contributed by atoms with Gasteiger partial charge in [-0.15, -0.1) is 0 Å². The molecule has 0 spiro atoms. The van der Waals surface area contributed by atoms with Crippen LogP contribution in [0.4, 0.5) is 0 Å². The maximum atomic E-state index is 8.65. The molecule has 0 amide bonds. The van der Waals surface area contributed by atoms with Gasteiger partial charge in [0.05, 0.1) is 0 Å². The lowest BCUT2D eigenvalue weighted by Crippen LogP contribution is -2.31. The Hall–Kier alpha value is -0.120. The van der Waals surface area contributed by atoms with Gasteiger partial charge < -0.3 is 15.3 Å². The second kappa shape index (κ2) is 26.5. The van der Waals surface area contributed by atoms with E-state index >= 15 is 0 Å². The molecule has 1 aliphatic carbocycles. The minimum Gasteiger partial charge on any atom is -0.400 e. The summed E-state index contributed by atoms with van der Waals surface area (Å²) in [5.41, 5.74) is 1.12. The van der Waals surface area contributed by atoms with Gasteiger partial charge in [0.1, 0.15) is 0 Å². The zero-order valence-electron chi connectivity index (χ0n) is 24.4. The van der Waals surface area contributed by atoms with Crippen LogP contribution in [-0.2, 0) is 0 Å². The van der Waals surface area contributed by atoms with Crippen LogP contribution >= 0.6 is 0 Å². The van der Waals surface area contributed by atoms with Gasteiger partial charge in [-0.05, 0) is 42.4 Å². The van der Waals surface area contributed by atoms with Gasteiger partial charge in [-0.3, -0.25) is 0 Å².